The summed E-state index contributed by atoms with van der Waals surface area (Å²) in [4.78, 5) is 25.3. The van der Waals surface area contributed by atoms with Gasteiger partial charge in [-0.05, 0) is 70.6 Å². The predicted molar refractivity (Wildman–Crippen MR) is 219 cm³/mol. The Kier molecular flexibility index (Phi) is 33.6. The standard InChI is InChI=1S/C45H80O10/c1-3-5-7-9-11-13-15-17-19-21-23-25-27-29-31-33-40(47)52-36-38(37-53-45-44(51)43(50)42(49)39(35-46)55-45)54-41(48)34-32-30-28-26-24-22-20-18-16-14-12-10-8-6-4-2/h12,14,17-20,38-39,42-46,49-51H,3-11,13,15-16,21-37H2,1-2H3/b14-12-,19-17-,20-18-/t38?,39-,42+,43+,44-,45-/m1/s1. The van der Waals surface area contributed by atoms with Crippen LogP contribution in [0.15, 0.2) is 36.5 Å². The summed E-state index contributed by atoms with van der Waals surface area (Å²) in [6.07, 6.45) is 32.9. The highest BCUT2D eigenvalue weighted by Crippen LogP contribution is 2.22. The van der Waals surface area contributed by atoms with Crippen LogP contribution >= 0.6 is 0 Å². The lowest BCUT2D eigenvalue weighted by atomic mass is 9.99. The van der Waals surface area contributed by atoms with E-state index in [2.05, 4.69) is 50.3 Å². The van der Waals surface area contributed by atoms with E-state index in [0.717, 1.165) is 77.0 Å². The maximum absolute atomic E-state index is 12.7. The van der Waals surface area contributed by atoms with Gasteiger partial charge >= 0.3 is 11.9 Å². The minimum atomic E-state index is -1.60. The van der Waals surface area contributed by atoms with Gasteiger partial charge in [0.1, 0.15) is 31.0 Å². The van der Waals surface area contributed by atoms with Crippen molar-refractivity contribution in [1.82, 2.24) is 0 Å². The molecule has 10 nitrogen and oxygen atoms in total. The second-order valence-corrected chi connectivity index (χ2v) is 15.1. The van der Waals surface area contributed by atoms with E-state index in [0.29, 0.717) is 12.8 Å². The average molecular weight is 781 g/mol. The molecule has 0 aliphatic carbocycles. The number of carbonyl (C=O) groups excluding carboxylic acids is 2. The second kappa shape index (κ2) is 36.3. The molecule has 0 amide bonds. The quantitative estimate of drug-likeness (QED) is 0.0275. The normalized spacial score (nSPS) is 20.9. The molecular formula is C45H80O10. The third kappa shape index (κ3) is 28.0. The summed E-state index contributed by atoms with van der Waals surface area (Å²) in [5.41, 5.74) is 0. The molecule has 4 N–H and O–H groups in total. The number of unbranched alkanes of at least 4 members (excludes halogenated alkanes) is 19. The number of aliphatic hydroxyl groups is 4. The van der Waals surface area contributed by atoms with Gasteiger partial charge in [-0.3, -0.25) is 9.59 Å². The Hall–Kier alpha value is -2.08. The Morgan fingerprint density at radius 1 is 0.564 bits per heavy atom. The summed E-state index contributed by atoms with van der Waals surface area (Å²) in [5, 5.41) is 40.0. The van der Waals surface area contributed by atoms with Gasteiger partial charge in [0.25, 0.3) is 0 Å². The lowest BCUT2D eigenvalue weighted by molar-refractivity contribution is -0.305. The predicted octanol–water partition coefficient (Wildman–Crippen LogP) is 9.11. The Labute approximate surface area is 334 Å². The zero-order valence-corrected chi connectivity index (χ0v) is 34.7. The van der Waals surface area contributed by atoms with Crippen molar-refractivity contribution in [3.63, 3.8) is 0 Å². The van der Waals surface area contributed by atoms with Gasteiger partial charge in [-0.25, -0.2) is 0 Å². The molecule has 0 aromatic rings. The van der Waals surface area contributed by atoms with Crippen molar-refractivity contribution in [3.8, 4) is 0 Å². The molecule has 1 rings (SSSR count). The molecule has 0 radical (unpaired) electrons. The molecule has 0 spiro atoms. The first kappa shape index (κ1) is 50.9. The van der Waals surface area contributed by atoms with Crippen LogP contribution in [-0.2, 0) is 28.5 Å². The lowest BCUT2D eigenvalue weighted by Gasteiger charge is -2.39. The summed E-state index contributed by atoms with van der Waals surface area (Å²) < 4.78 is 22.1. The molecule has 0 aromatic carbocycles. The van der Waals surface area contributed by atoms with Crippen molar-refractivity contribution < 1.29 is 49.0 Å². The smallest absolute Gasteiger partial charge is 0.306 e. The van der Waals surface area contributed by atoms with Crippen molar-refractivity contribution in [2.75, 3.05) is 19.8 Å². The summed E-state index contributed by atoms with van der Waals surface area (Å²) in [5.74, 6) is -0.832. The molecule has 55 heavy (non-hydrogen) atoms. The summed E-state index contributed by atoms with van der Waals surface area (Å²) in [7, 11) is 0. The minimum absolute atomic E-state index is 0.212. The zero-order valence-electron chi connectivity index (χ0n) is 34.7. The number of aliphatic hydroxyl groups excluding tert-OH is 4. The molecule has 320 valence electrons. The minimum Gasteiger partial charge on any atom is -0.462 e. The number of allylic oxidation sites excluding steroid dienone is 6. The lowest BCUT2D eigenvalue weighted by Crippen LogP contribution is -2.59. The van der Waals surface area contributed by atoms with E-state index in [1.54, 1.807) is 0 Å². The summed E-state index contributed by atoms with van der Waals surface area (Å²) in [6, 6.07) is 0. The second-order valence-electron chi connectivity index (χ2n) is 15.1. The number of carbonyl (C=O) groups is 2. The summed E-state index contributed by atoms with van der Waals surface area (Å²) in [6.45, 7) is 3.36. The molecular weight excluding hydrogens is 700 g/mol. The van der Waals surface area contributed by atoms with Gasteiger partial charge in [0.2, 0.25) is 0 Å². The van der Waals surface area contributed by atoms with Crippen LogP contribution in [-0.4, -0.2) is 89.0 Å². The van der Waals surface area contributed by atoms with E-state index in [1.165, 1.54) is 64.2 Å². The highest BCUT2D eigenvalue weighted by atomic mass is 16.7. The molecule has 6 atom stereocenters. The van der Waals surface area contributed by atoms with Gasteiger partial charge in [-0.1, -0.05) is 134 Å². The van der Waals surface area contributed by atoms with E-state index >= 15 is 0 Å². The molecule has 1 aliphatic rings. The van der Waals surface area contributed by atoms with Crippen LogP contribution < -0.4 is 0 Å². The summed E-state index contributed by atoms with van der Waals surface area (Å²) >= 11 is 0. The molecule has 0 saturated carbocycles. The molecule has 1 heterocycles. The van der Waals surface area contributed by atoms with Gasteiger partial charge in [-0.2, -0.15) is 0 Å². The molecule has 1 saturated heterocycles. The first-order valence-electron chi connectivity index (χ1n) is 22.1. The van der Waals surface area contributed by atoms with Crippen LogP contribution in [0.4, 0.5) is 0 Å². The molecule has 0 bridgehead atoms. The molecule has 0 aromatic heterocycles. The zero-order chi connectivity index (χ0) is 40.2. The van der Waals surface area contributed by atoms with Crippen LogP contribution in [0.2, 0.25) is 0 Å². The highest BCUT2D eigenvalue weighted by Gasteiger charge is 2.44. The fraction of sp³-hybridized carbons (Fsp3) is 0.822. The van der Waals surface area contributed by atoms with Gasteiger partial charge in [0, 0.05) is 12.8 Å². The molecule has 10 heteroatoms. The first-order valence-corrected chi connectivity index (χ1v) is 22.1. The number of rotatable bonds is 36. The van der Waals surface area contributed by atoms with E-state index in [-0.39, 0.29) is 32.0 Å². The Bertz CT molecular complexity index is 996. The highest BCUT2D eigenvalue weighted by molar-refractivity contribution is 5.70. The van der Waals surface area contributed by atoms with Gasteiger partial charge in [0.05, 0.1) is 13.2 Å². The van der Waals surface area contributed by atoms with E-state index in [1.807, 2.05) is 0 Å². The van der Waals surface area contributed by atoms with Crippen LogP contribution in [0.1, 0.15) is 181 Å². The largest absolute Gasteiger partial charge is 0.462 e. The van der Waals surface area contributed by atoms with Crippen molar-refractivity contribution in [3.05, 3.63) is 36.5 Å². The number of esters is 2. The van der Waals surface area contributed by atoms with Crippen LogP contribution in [0.25, 0.3) is 0 Å². The maximum Gasteiger partial charge on any atom is 0.306 e. The maximum atomic E-state index is 12.7. The monoisotopic (exact) mass is 781 g/mol. The third-order valence-electron chi connectivity index (χ3n) is 10.00. The van der Waals surface area contributed by atoms with E-state index in [4.69, 9.17) is 18.9 Å². The third-order valence-corrected chi connectivity index (χ3v) is 10.00. The van der Waals surface area contributed by atoms with Crippen molar-refractivity contribution in [2.24, 2.45) is 0 Å². The molecule has 1 unspecified atom stereocenters. The van der Waals surface area contributed by atoms with Crippen molar-refractivity contribution in [2.45, 2.75) is 218 Å². The van der Waals surface area contributed by atoms with Gasteiger partial charge in [0.15, 0.2) is 12.4 Å². The SMILES string of the molecule is CCCCC/C=C\C/C=C\CCCCCCCC(=O)OC(COC(=O)CCCCCCC/C=C\CCCCCCCC)CO[C@@H]1O[C@H](CO)[C@H](O)[C@H](O)[C@H]1O. The average Bonchev–Trinajstić information content (AvgIpc) is 3.18. The van der Waals surface area contributed by atoms with Crippen LogP contribution in [0.5, 0.6) is 0 Å². The number of ether oxygens (including phenoxy) is 4. The van der Waals surface area contributed by atoms with E-state index < -0.39 is 49.4 Å². The van der Waals surface area contributed by atoms with Crippen molar-refractivity contribution in [1.29, 1.82) is 0 Å². The number of hydrogen-bond donors (Lipinski definition) is 4. The van der Waals surface area contributed by atoms with Gasteiger partial charge < -0.3 is 39.4 Å². The Morgan fingerprint density at radius 2 is 1.02 bits per heavy atom. The topological polar surface area (TPSA) is 152 Å². The Balaban J connectivity index is 2.36. The van der Waals surface area contributed by atoms with E-state index in [9.17, 15) is 30.0 Å². The fourth-order valence-corrected chi connectivity index (χ4v) is 6.45. The number of hydrogen-bond acceptors (Lipinski definition) is 10. The fourth-order valence-electron chi connectivity index (χ4n) is 6.45. The van der Waals surface area contributed by atoms with Gasteiger partial charge in [-0.15, -0.1) is 0 Å². The first-order chi connectivity index (χ1) is 26.8. The molecule has 1 aliphatic heterocycles. The van der Waals surface area contributed by atoms with Crippen LogP contribution in [0, 0.1) is 0 Å². The Morgan fingerprint density at radius 3 is 1.56 bits per heavy atom. The van der Waals surface area contributed by atoms with Crippen LogP contribution in [0.3, 0.4) is 0 Å². The molecule has 1 fully saturated rings. The van der Waals surface area contributed by atoms with Crippen molar-refractivity contribution >= 4 is 11.9 Å².